The zero-order chi connectivity index (χ0) is 19.2. The molecule has 1 saturated heterocycles. The summed E-state index contributed by atoms with van der Waals surface area (Å²) in [6.07, 6.45) is -0.422. The Balaban J connectivity index is 1.74. The van der Waals surface area contributed by atoms with Crippen molar-refractivity contribution in [3.05, 3.63) is 70.3 Å². The molecule has 1 heterocycles. The summed E-state index contributed by atoms with van der Waals surface area (Å²) in [5, 5.41) is 11.0. The third kappa shape index (κ3) is 4.83. The Labute approximate surface area is 157 Å². The van der Waals surface area contributed by atoms with E-state index in [-0.39, 0.29) is 11.7 Å². The maximum Gasteiger partial charge on any atom is 0.314 e. The van der Waals surface area contributed by atoms with Crippen molar-refractivity contribution in [3.8, 4) is 5.75 Å². The molecule has 1 fully saturated rings. The number of ether oxygens (including phenoxy) is 2. The van der Waals surface area contributed by atoms with E-state index >= 15 is 0 Å². The Hall–Kier alpha value is -2.93. The van der Waals surface area contributed by atoms with E-state index in [9.17, 15) is 14.9 Å². The van der Waals surface area contributed by atoms with Crippen LogP contribution in [-0.2, 0) is 16.1 Å². The molecule has 0 N–H and O–H groups in total. The van der Waals surface area contributed by atoms with Gasteiger partial charge in [-0.2, -0.15) is 0 Å². The number of nitro groups is 1. The molecule has 2 aromatic carbocycles. The Morgan fingerprint density at radius 1 is 1.19 bits per heavy atom. The van der Waals surface area contributed by atoms with Gasteiger partial charge in [0.15, 0.2) is 0 Å². The molecule has 7 heteroatoms. The normalized spacial score (nSPS) is 19.6. The second-order valence-corrected chi connectivity index (χ2v) is 6.45. The first-order valence-electron chi connectivity index (χ1n) is 8.91. The van der Waals surface area contributed by atoms with E-state index in [1.54, 1.807) is 19.1 Å². The molecular weight excluding hydrogens is 348 g/mol. The first-order chi connectivity index (χ1) is 13.1. The van der Waals surface area contributed by atoms with E-state index in [0.717, 1.165) is 5.56 Å². The topological polar surface area (TPSA) is 81.9 Å². The summed E-state index contributed by atoms with van der Waals surface area (Å²) >= 11 is 0. The van der Waals surface area contributed by atoms with Crippen LogP contribution >= 0.6 is 0 Å². The van der Waals surface area contributed by atoms with Crippen LogP contribution in [0.15, 0.2) is 54.6 Å². The summed E-state index contributed by atoms with van der Waals surface area (Å²) in [5.74, 6) is -0.360. The SMILES string of the molecule is CCOC(=O)[C@H]1CN(Cc2ccccc2)C[C@@H]1Oc1cccc([N+](=O)[O-])c1. The molecule has 27 heavy (non-hydrogen) atoms. The monoisotopic (exact) mass is 370 g/mol. The van der Waals surface area contributed by atoms with Crippen molar-refractivity contribution < 1.29 is 19.2 Å². The van der Waals surface area contributed by atoms with Gasteiger partial charge in [-0.25, -0.2) is 0 Å². The maximum atomic E-state index is 12.4. The lowest BCUT2D eigenvalue weighted by Crippen LogP contribution is -2.33. The minimum atomic E-state index is -0.466. The van der Waals surface area contributed by atoms with E-state index in [0.29, 0.717) is 32.0 Å². The van der Waals surface area contributed by atoms with Gasteiger partial charge >= 0.3 is 5.97 Å². The van der Waals surface area contributed by atoms with Gasteiger partial charge in [0.1, 0.15) is 17.8 Å². The fourth-order valence-electron chi connectivity index (χ4n) is 3.26. The lowest BCUT2D eigenvalue weighted by molar-refractivity contribution is -0.384. The van der Waals surface area contributed by atoms with Crippen molar-refractivity contribution in [2.24, 2.45) is 5.92 Å². The van der Waals surface area contributed by atoms with Gasteiger partial charge in [-0.15, -0.1) is 0 Å². The number of nitro benzene ring substituents is 1. The molecule has 3 rings (SSSR count). The van der Waals surface area contributed by atoms with Crippen molar-refractivity contribution >= 4 is 11.7 Å². The van der Waals surface area contributed by atoms with Crippen LogP contribution in [0.2, 0.25) is 0 Å². The zero-order valence-corrected chi connectivity index (χ0v) is 15.1. The van der Waals surface area contributed by atoms with Gasteiger partial charge in [0.05, 0.1) is 17.6 Å². The van der Waals surface area contributed by atoms with Crippen LogP contribution in [0.5, 0.6) is 5.75 Å². The average Bonchev–Trinajstić information content (AvgIpc) is 3.05. The predicted molar refractivity (Wildman–Crippen MR) is 99.4 cm³/mol. The van der Waals surface area contributed by atoms with Crippen molar-refractivity contribution in [1.29, 1.82) is 0 Å². The summed E-state index contributed by atoms with van der Waals surface area (Å²) in [4.78, 5) is 25.0. The smallest absolute Gasteiger partial charge is 0.314 e. The second-order valence-electron chi connectivity index (χ2n) is 6.45. The van der Waals surface area contributed by atoms with E-state index in [1.165, 1.54) is 12.1 Å². The van der Waals surface area contributed by atoms with Crippen molar-refractivity contribution in [3.63, 3.8) is 0 Å². The molecule has 0 spiro atoms. The van der Waals surface area contributed by atoms with E-state index < -0.39 is 16.9 Å². The number of rotatable bonds is 7. The largest absolute Gasteiger partial charge is 0.488 e. The highest BCUT2D eigenvalue weighted by Gasteiger charge is 2.40. The molecule has 1 aliphatic heterocycles. The van der Waals surface area contributed by atoms with Gasteiger partial charge in [0.25, 0.3) is 5.69 Å². The summed E-state index contributed by atoms with van der Waals surface area (Å²) in [6.45, 7) is 3.84. The molecule has 0 aliphatic carbocycles. The fourth-order valence-corrected chi connectivity index (χ4v) is 3.26. The number of nitrogens with zero attached hydrogens (tertiary/aromatic N) is 2. The van der Waals surface area contributed by atoms with Gasteiger partial charge in [-0.1, -0.05) is 36.4 Å². The minimum Gasteiger partial charge on any atom is -0.488 e. The first-order valence-corrected chi connectivity index (χ1v) is 8.91. The molecule has 0 radical (unpaired) electrons. The fraction of sp³-hybridized carbons (Fsp3) is 0.350. The van der Waals surface area contributed by atoms with Crippen LogP contribution in [-0.4, -0.2) is 41.6 Å². The predicted octanol–water partition coefficient (Wildman–Crippen LogP) is 3.04. The number of hydrogen-bond acceptors (Lipinski definition) is 6. The number of carbonyl (C=O) groups is 1. The Bertz CT molecular complexity index is 796. The van der Waals surface area contributed by atoms with Crippen molar-refractivity contribution in [2.45, 2.75) is 19.6 Å². The third-order valence-electron chi connectivity index (χ3n) is 4.50. The molecule has 0 unspecified atom stereocenters. The Morgan fingerprint density at radius 3 is 2.67 bits per heavy atom. The zero-order valence-electron chi connectivity index (χ0n) is 15.1. The first kappa shape index (κ1) is 18.8. The molecule has 2 aromatic rings. The van der Waals surface area contributed by atoms with E-state index in [4.69, 9.17) is 9.47 Å². The number of likely N-dealkylation sites (tertiary alicyclic amines) is 1. The van der Waals surface area contributed by atoms with E-state index in [1.807, 2.05) is 30.3 Å². The highest BCUT2D eigenvalue weighted by Crippen LogP contribution is 2.27. The lowest BCUT2D eigenvalue weighted by Gasteiger charge is -2.19. The molecule has 0 amide bonds. The molecule has 1 aliphatic rings. The molecule has 0 aromatic heterocycles. The molecule has 7 nitrogen and oxygen atoms in total. The quantitative estimate of drug-likeness (QED) is 0.423. The summed E-state index contributed by atoms with van der Waals surface area (Å²) in [7, 11) is 0. The van der Waals surface area contributed by atoms with Crippen LogP contribution in [0.4, 0.5) is 5.69 Å². The average molecular weight is 370 g/mol. The number of hydrogen-bond donors (Lipinski definition) is 0. The van der Waals surface area contributed by atoms with Crippen LogP contribution in [0.1, 0.15) is 12.5 Å². The molecule has 0 saturated carbocycles. The van der Waals surface area contributed by atoms with Crippen molar-refractivity contribution in [2.75, 3.05) is 19.7 Å². The Morgan fingerprint density at radius 2 is 1.96 bits per heavy atom. The van der Waals surface area contributed by atoms with Crippen LogP contribution in [0, 0.1) is 16.0 Å². The van der Waals surface area contributed by atoms with Crippen LogP contribution in [0.25, 0.3) is 0 Å². The molecule has 2 atom stereocenters. The second kappa shape index (κ2) is 8.64. The highest BCUT2D eigenvalue weighted by atomic mass is 16.6. The third-order valence-corrected chi connectivity index (χ3v) is 4.50. The minimum absolute atomic E-state index is 0.0423. The number of carbonyl (C=O) groups excluding carboxylic acids is 1. The summed E-state index contributed by atoms with van der Waals surface area (Å²) in [6, 6.07) is 16.0. The van der Waals surface area contributed by atoms with Gasteiger partial charge in [0.2, 0.25) is 0 Å². The molecule has 0 bridgehead atoms. The highest BCUT2D eigenvalue weighted by molar-refractivity contribution is 5.74. The molecular formula is C20H22N2O5. The number of non-ortho nitro benzene ring substituents is 1. The lowest BCUT2D eigenvalue weighted by atomic mass is 10.1. The number of benzene rings is 2. The maximum absolute atomic E-state index is 12.4. The summed E-state index contributed by atoms with van der Waals surface area (Å²) in [5.41, 5.74) is 1.11. The van der Waals surface area contributed by atoms with Crippen molar-refractivity contribution in [1.82, 2.24) is 4.90 Å². The Kier molecular flexibility index (Phi) is 6.03. The van der Waals surface area contributed by atoms with E-state index in [2.05, 4.69) is 4.90 Å². The number of esters is 1. The van der Waals surface area contributed by atoms with Crippen LogP contribution in [0.3, 0.4) is 0 Å². The summed E-state index contributed by atoms with van der Waals surface area (Å²) < 4.78 is 11.2. The van der Waals surface area contributed by atoms with Gasteiger partial charge in [-0.05, 0) is 18.6 Å². The van der Waals surface area contributed by atoms with Crippen LogP contribution < -0.4 is 4.74 Å². The molecule has 142 valence electrons. The van der Waals surface area contributed by atoms with Gasteiger partial charge < -0.3 is 9.47 Å². The van der Waals surface area contributed by atoms with Gasteiger partial charge in [-0.3, -0.25) is 19.8 Å². The standard InChI is InChI=1S/C20H22N2O5/c1-2-26-20(23)18-13-21(12-15-7-4-3-5-8-15)14-19(18)27-17-10-6-9-16(11-17)22(24)25/h3-11,18-19H,2,12-14H2,1H3/t18-,19-/m0/s1. The van der Waals surface area contributed by atoms with Gasteiger partial charge in [0, 0.05) is 25.7 Å².